The standard InChI is InChI=1S/C19H22Cl2N2O4S/c1-28(25,26)23(17-13-15(20)12-16(21)14-17)10-5-8-19(24)22-9-11-27-18-6-3-2-4-7-18/h2-4,6-7,12-14H,5,8-11H2,1H3,(H,22,24). The van der Waals surface area contributed by atoms with Crippen LogP contribution < -0.4 is 14.4 Å². The van der Waals surface area contributed by atoms with Crippen LogP contribution in [-0.2, 0) is 14.8 Å². The number of sulfonamides is 1. The first-order valence-electron chi connectivity index (χ1n) is 8.64. The molecule has 0 aliphatic rings. The van der Waals surface area contributed by atoms with Crippen LogP contribution >= 0.6 is 23.2 Å². The Morgan fingerprint density at radius 1 is 1.11 bits per heavy atom. The van der Waals surface area contributed by atoms with Crippen molar-refractivity contribution in [2.75, 3.05) is 30.3 Å². The van der Waals surface area contributed by atoms with Crippen molar-refractivity contribution < 1.29 is 17.9 Å². The van der Waals surface area contributed by atoms with Crippen LogP contribution in [0.5, 0.6) is 5.75 Å². The summed E-state index contributed by atoms with van der Waals surface area (Å²) in [5.74, 6) is 0.565. The molecule has 1 amide bonds. The molecule has 0 bridgehead atoms. The molecule has 2 rings (SSSR count). The number of hydrogen-bond acceptors (Lipinski definition) is 4. The molecule has 1 N–H and O–H groups in total. The molecule has 9 heteroatoms. The number of hydrogen-bond donors (Lipinski definition) is 1. The fourth-order valence-corrected chi connectivity index (χ4v) is 3.98. The minimum Gasteiger partial charge on any atom is -0.492 e. The lowest BCUT2D eigenvalue weighted by Gasteiger charge is -2.22. The van der Waals surface area contributed by atoms with Crippen LogP contribution in [0.15, 0.2) is 48.5 Å². The minimum atomic E-state index is -3.54. The lowest BCUT2D eigenvalue weighted by Crippen LogP contribution is -2.33. The monoisotopic (exact) mass is 444 g/mol. The minimum absolute atomic E-state index is 0.142. The summed E-state index contributed by atoms with van der Waals surface area (Å²) in [6.07, 6.45) is 1.64. The van der Waals surface area contributed by atoms with E-state index in [1.54, 1.807) is 0 Å². The molecule has 2 aromatic rings. The summed E-state index contributed by atoms with van der Waals surface area (Å²) in [6.45, 7) is 0.864. The van der Waals surface area contributed by atoms with Gasteiger partial charge in [-0.25, -0.2) is 8.42 Å². The van der Waals surface area contributed by atoms with Crippen molar-refractivity contribution >= 4 is 44.8 Å². The summed E-state index contributed by atoms with van der Waals surface area (Å²) >= 11 is 11.9. The van der Waals surface area contributed by atoms with Gasteiger partial charge in [0.25, 0.3) is 0 Å². The van der Waals surface area contributed by atoms with Crippen LogP contribution in [0.4, 0.5) is 5.69 Å². The van der Waals surface area contributed by atoms with Crippen molar-refractivity contribution in [2.24, 2.45) is 0 Å². The summed E-state index contributed by atoms with van der Waals surface area (Å²) < 4.78 is 30.9. The van der Waals surface area contributed by atoms with Gasteiger partial charge >= 0.3 is 0 Å². The van der Waals surface area contributed by atoms with Gasteiger partial charge in [-0.15, -0.1) is 0 Å². The molecule has 0 spiro atoms. The third-order valence-corrected chi connectivity index (χ3v) is 5.37. The zero-order valence-corrected chi connectivity index (χ0v) is 17.7. The van der Waals surface area contributed by atoms with E-state index < -0.39 is 10.0 Å². The maximum atomic E-state index is 12.1. The number of amides is 1. The maximum Gasteiger partial charge on any atom is 0.232 e. The van der Waals surface area contributed by atoms with E-state index in [0.717, 1.165) is 12.0 Å². The molecule has 0 aliphatic heterocycles. The van der Waals surface area contributed by atoms with E-state index in [0.29, 0.717) is 35.3 Å². The summed E-state index contributed by atoms with van der Waals surface area (Å²) in [5.41, 5.74) is 0.372. The van der Waals surface area contributed by atoms with Gasteiger partial charge in [0.05, 0.1) is 18.5 Å². The van der Waals surface area contributed by atoms with Crippen LogP contribution in [0.1, 0.15) is 12.8 Å². The SMILES string of the molecule is CS(=O)(=O)N(CCCC(=O)NCCOc1ccccc1)c1cc(Cl)cc(Cl)c1. The molecule has 0 aromatic heterocycles. The number of anilines is 1. The highest BCUT2D eigenvalue weighted by Gasteiger charge is 2.18. The molecule has 0 unspecified atom stereocenters. The third-order valence-electron chi connectivity index (χ3n) is 3.74. The first-order valence-corrected chi connectivity index (χ1v) is 11.2. The fourth-order valence-electron chi connectivity index (χ4n) is 2.52. The van der Waals surface area contributed by atoms with Gasteiger partial charge in [-0.2, -0.15) is 0 Å². The number of ether oxygens (including phenoxy) is 1. The molecule has 0 atom stereocenters. The van der Waals surface area contributed by atoms with Crippen molar-refractivity contribution in [2.45, 2.75) is 12.8 Å². The molecule has 0 radical (unpaired) electrons. The quantitative estimate of drug-likeness (QED) is 0.566. The Hall–Kier alpha value is -1.96. The largest absolute Gasteiger partial charge is 0.492 e. The number of carbonyl (C=O) groups excluding carboxylic acids is 1. The van der Waals surface area contributed by atoms with E-state index >= 15 is 0 Å². The van der Waals surface area contributed by atoms with Gasteiger partial charge in [-0.3, -0.25) is 9.10 Å². The molecule has 0 saturated heterocycles. The Morgan fingerprint density at radius 2 is 1.75 bits per heavy atom. The van der Waals surface area contributed by atoms with Gasteiger partial charge in [0, 0.05) is 23.0 Å². The predicted octanol–water partition coefficient (Wildman–Crippen LogP) is 3.73. The summed E-state index contributed by atoms with van der Waals surface area (Å²) in [4.78, 5) is 12.0. The first-order chi connectivity index (χ1) is 13.3. The number of rotatable bonds is 10. The topological polar surface area (TPSA) is 75.7 Å². The lowest BCUT2D eigenvalue weighted by atomic mass is 10.2. The second kappa shape index (κ2) is 10.5. The van der Waals surface area contributed by atoms with E-state index in [9.17, 15) is 13.2 Å². The van der Waals surface area contributed by atoms with Crippen LogP contribution in [0.2, 0.25) is 10.0 Å². The number of para-hydroxylation sites is 1. The van der Waals surface area contributed by atoms with Crippen molar-refractivity contribution in [1.82, 2.24) is 5.32 Å². The van der Waals surface area contributed by atoms with Gasteiger partial charge in [0.1, 0.15) is 12.4 Å². The van der Waals surface area contributed by atoms with Crippen molar-refractivity contribution in [1.29, 1.82) is 0 Å². The van der Waals surface area contributed by atoms with Crippen LogP contribution in [-0.4, -0.2) is 40.3 Å². The lowest BCUT2D eigenvalue weighted by molar-refractivity contribution is -0.121. The summed E-state index contributed by atoms with van der Waals surface area (Å²) in [5, 5.41) is 3.43. The van der Waals surface area contributed by atoms with Gasteiger partial charge < -0.3 is 10.1 Å². The molecule has 2 aromatic carbocycles. The van der Waals surface area contributed by atoms with Crippen LogP contribution in [0, 0.1) is 0 Å². The van der Waals surface area contributed by atoms with Gasteiger partial charge in [-0.1, -0.05) is 41.4 Å². The summed E-state index contributed by atoms with van der Waals surface area (Å²) in [7, 11) is -3.54. The highest BCUT2D eigenvalue weighted by Crippen LogP contribution is 2.27. The normalized spacial score (nSPS) is 11.1. The Morgan fingerprint density at radius 3 is 2.36 bits per heavy atom. The Labute approximate surface area is 175 Å². The number of carbonyl (C=O) groups is 1. The van der Waals surface area contributed by atoms with E-state index in [4.69, 9.17) is 27.9 Å². The van der Waals surface area contributed by atoms with E-state index in [2.05, 4.69) is 5.32 Å². The Kier molecular flexibility index (Phi) is 8.41. The van der Waals surface area contributed by atoms with Gasteiger partial charge in [0.2, 0.25) is 15.9 Å². The average Bonchev–Trinajstić information content (AvgIpc) is 2.61. The second-order valence-corrected chi connectivity index (χ2v) is 8.86. The number of benzene rings is 2. The maximum absolute atomic E-state index is 12.1. The van der Waals surface area contributed by atoms with E-state index in [-0.39, 0.29) is 18.9 Å². The Bertz CT molecular complexity index is 872. The van der Waals surface area contributed by atoms with Crippen molar-refractivity contribution in [3.63, 3.8) is 0 Å². The number of halogens is 2. The van der Waals surface area contributed by atoms with Crippen molar-refractivity contribution in [3.8, 4) is 5.75 Å². The third kappa shape index (κ3) is 7.58. The molecule has 0 heterocycles. The number of nitrogens with zero attached hydrogens (tertiary/aromatic N) is 1. The number of nitrogens with one attached hydrogen (secondary N) is 1. The van der Waals surface area contributed by atoms with Crippen LogP contribution in [0.25, 0.3) is 0 Å². The first kappa shape index (κ1) is 22.3. The predicted molar refractivity (Wildman–Crippen MR) is 113 cm³/mol. The van der Waals surface area contributed by atoms with Gasteiger partial charge in [-0.05, 0) is 36.8 Å². The molecule has 6 nitrogen and oxygen atoms in total. The molecule has 0 fully saturated rings. The smallest absolute Gasteiger partial charge is 0.232 e. The van der Waals surface area contributed by atoms with Crippen LogP contribution in [0.3, 0.4) is 0 Å². The molecule has 28 heavy (non-hydrogen) atoms. The molecular weight excluding hydrogens is 423 g/mol. The molecular formula is C19H22Cl2N2O4S. The molecule has 152 valence electrons. The van der Waals surface area contributed by atoms with Crippen molar-refractivity contribution in [3.05, 3.63) is 58.6 Å². The zero-order valence-electron chi connectivity index (χ0n) is 15.4. The zero-order chi connectivity index (χ0) is 20.6. The van der Waals surface area contributed by atoms with Gasteiger partial charge in [0.15, 0.2) is 0 Å². The summed E-state index contributed by atoms with van der Waals surface area (Å²) in [6, 6.07) is 13.9. The fraction of sp³-hybridized carbons (Fsp3) is 0.316. The van der Waals surface area contributed by atoms with E-state index in [1.165, 1.54) is 22.5 Å². The average molecular weight is 445 g/mol. The molecule has 0 saturated carbocycles. The van der Waals surface area contributed by atoms with E-state index in [1.807, 2.05) is 30.3 Å². The molecule has 0 aliphatic carbocycles. The second-order valence-electron chi connectivity index (χ2n) is 6.08. The Balaban J connectivity index is 1.79. The highest BCUT2D eigenvalue weighted by molar-refractivity contribution is 7.92. The highest BCUT2D eigenvalue weighted by atomic mass is 35.5.